The molecular formula is C40H55F3N4O13SSi. The summed E-state index contributed by atoms with van der Waals surface area (Å²) in [6.07, 6.45) is 2.61. The molecular weight excluding hydrogens is 862 g/mol. The minimum atomic E-state index is -6.01. The number of rotatable bonds is 19. The molecule has 1 fully saturated rings. The first kappa shape index (κ1) is 49.8. The number of amides is 2. The van der Waals surface area contributed by atoms with Crippen molar-refractivity contribution < 1.29 is 63.8 Å². The number of carbonyl (C=O) groups is 2. The Hall–Kier alpha value is -4.80. The third kappa shape index (κ3) is 11.6. The Morgan fingerprint density at radius 1 is 0.871 bits per heavy atom. The van der Waals surface area contributed by atoms with Crippen LogP contribution in [0.5, 0.6) is 17.2 Å². The Kier molecular flexibility index (Phi) is 15.8. The number of hydrogen-bond donors (Lipinski definition) is 0. The number of ether oxygens (including phenoxy) is 3. The van der Waals surface area contributed by atoms with E-state index in [-0.39, 0.29) is 65.7 Å². The number of aryl methyl sites for hydroxylation is 1. The van der Waals surface area contributed by atoms with Crippen LogP contribution < -0.4 is 14.2 Å². The second kappa shape index (κ2) is 19.7. The Bertz CT molecular complexity index is 2160. The molecule has 0 spiro atoms. The lowest BCUT2D eigenvalue weighted by molar-refractivity contribution is -0.385. The first-order chi connectivity index (χ1) is 28.7. The maximum atomic E-state index is 14.0. The first-order valence-electron chi connectivity index (χ1n) is 20.1. The number of unbranched alkanes of at least 4 members (excludes halogenated alkanes) is 2. The van der Waals surface area contributed by atoms with Crippen LogP contribution in [0.3, 0.4) is 0 Å². The van der Waals surface area contributed by atoms with Gasteiger partial charge in [0.25, 0.3) is 23.2 Å². The predicted octanol–water partition coefficient (Wildman–Crippen LogP) is 8.45. The SMILES string of the molecule is CC[C@@H]1CC(C)=CN1C(=O)c1cc(OC)c(OCCCCCOc2cc([N+](=O)[O-])c(C(=O)N3CC(OS(=O)(=O)C(F)(F)F)C[C@H]3CO[Si](C)(C)C(C)(C)C)cc2C)cc1[N+](=O)[O-]. The van der Waals surface area contributed by atoms with Crippen LogP contribution in [0.15, 0.2) is 36.0 Å². The van der Waals surface area contributed by atoms with Gasteiger partial charge in [-0.3, -0.25) is 34.0 Å². The van der Waals surface area contributed by atoms with Gasteiger partial charge < -0.3 is 28.4 Å². The zero-order valence-corrected chi connectivity index (χ0v) is 38.1. The van der Waals surface area contributed by atoms with Crippen molar-refractivity contribution in [1.82, 2.24) is 9.80 Å². The fourth-order valence-corrected chi connectivity index (χ4v) is 8.52. The van der Waals surface area contributed by atoms with E-state index in [0.717, 1.165) is 16.5 Å². The molecule has 2 aromatic carbocycles. The van der Waals surface area contributed by atoms with Crippen LogP contribution in [0, 0.1) is 27.2 Å². The second-order valence-electron chi connectivity index (χ2n) is 16.9. The highest BCUT2D eigenvalue weighted by molar-refractivity contribution is 7.87. The summed E-state index contributed by atoms with van der Waals surface area (Å²) in [5.41, 5.74) is -5.92. The summed E-state index contributed by atoms with van der Waals surface area (Å²) in [6, 6.07) is 3.74. The lowest BCUT2D eigenvalue weighted by Crippen LogP contribution is -2.46. The topological polar surface area (TPSA) is 207 Å². The number of nitro groups is 2. The number of nitro benzene ring substituents is 2. The number of methoxy groups -OCH3 is 1. The van der Waals surface area contributed by atoms with Gasteiger partial charge in [-0.15, -0.1) is 0 Å². The van der Waals surface area contributed by atoms with Gasteiger partial charge in [0.05, 0.1) is 61.1 Å². The van der Waals surface area contributed by atoms with Crippen molar-refractivity contribution in [1.29, 1.82) is 0 Å². The maximum absolute atomic E-state index is 14.0. The Balaban J connectivity index is 1.41. The van der Waals surface area contributed by atoms with Gasteiger partial charge in [-0.1, -0.05) is 33.3 Å². The van der Waals surface area contributed by atoms with E-state index in [1.165, 1.54) is 30.2 Å². The molecule has 0 radical (unpaired) electrons. The zero-order chi connectivity index (χ0) is 46.5. The van der Waals surface area contributed by atoms with Gasteiger partial charge >= 0.3 is 15.6 Å². The summed E-state index contributed by atoms with van der Waals surface area (Å²) in [5, 5.41) is 24.0. The van der Waals surface area contributed by atoms with Gasteiger partial charge in [0.2, 0.25) is 0 Å². The zero-order valence-electron chi connectivity index (χ0n) is 36.3. The molecule has 22 heteroatoms. The Labute approximate surface area is 360 Å². The minimum Gasteiger partial charge on any atom is -0.493 e. The molecule has 0 aliphatic carbocycles. The van der Waals surface area contributed by atoms with Crippen LogP contribution in [0.4, 0.5) is 24.5 Å². The van der Waals surface area contributed by atoms with Gasteiger partial charge in [0.1, 0.15) is 16.9 Å². The smallest absolute Gasteiger partial charge is 0.493 e. The molecule has 0 saturated carbocycles. The molecule has 4 rings (SSSR count). The monoisotopic (exact) mass is 916 g/mol. The third-order valence-electron chi connectivity index (χ3n) is 11.4. The number of halogens is 3. The summed E-state index contributed by atoms with van der Waals surface area (Å²) in [7, 11) is -7.12. The Morgan fingerprint density at radius 3 is 1.97 bits per heavy atom. The first-order valence-corrected chi connectivity index (χ1v) is 24.4. The second-order valence-corrected chi connectivity index (χ2v) is 23.3. The molecule has 17 nitrogen and oxygen atoms in total. The van der Waals surface area contributed by atoms with Crippen molar-refractivity contribution in [2.45, 2.75) is 122 Å². The Morgan fingerprint density at radius 2 is 1.44 bits per heavy atom. The highest BCUT2D eigenvalue weighted by Crippen LogP contribution is 2.40. The quantitative estimate of drug-likeness (QED) is 0.0324. The molecule has 3 atom stereocenters. The normalized spacial score (nSPS) is 18.5. The van der Waals surface area contributed by atoms with E-state index in [0.29, 0.717) is 37.7 Å². The summed E-state index contributed by atoms with van der Waals surface area (Å²) < 4.78 is 91.2. The number of hydrogen-bond acceptors (Lipinski definition) is 13. The number of carbonyl (C=O) groups excluding carboxylic acids is 2. The molecule has 2 amide bonds. The summed E-state index contributed by atoms with van der Waals surface area (Å²) in [6.45, 7) is 14.6. The van der Waals surface area contributed by atoms with E-state index >= 15 is 0 Å². The van der Waals surface area contributed by atoms with Crippen LogP contribution in [-0.2, 0) is 18.7 Å². The van der Waals surface area contributed by atoms with E-state index in [1.54, 1.807) is 13.1 Å². The summed E-state index contributed by atoms with van der Waals surface area (Å²) in [5.74, 6) is -1.09. The molecule has 1 saturated heterocycles. The molecule has 0 aromatic heterocycles. The lowest BCUT2D eigenvalue weighted by atomic mass is 10.1. The molecule has 2 heterocycles. The standard InChI is InChI=1S/C40H55F3N4O13SSi/c1-10-27-16-25(2)22-44(27)38(49)31-19-35(56-7)36(21-33(31)47(52)53)58-15-13-11-12-14-57-34-20-32(46(50)51)30(17-26(34)3)37(48)45-23-29(60-61(54,55)40(41,42)43)18-28(45)24-59-62(8,9)39(4,5)6/h17,19-22,27-29H,10-16,18,23-24H2,1-9H3/t27-,28+,29?/m1/s1. The van der Waals surface area contributed by atoms with Crippen LogP contribution in [0.2, 0.25) is 18.1 Å². The van der Waals surface area contributed by atoms with Gasteiger partial charge in [0.15, 0.2) is 19.8 Å². The van der Waals surface area contributed by atoms with E-state index in [4.69, 9.17) is 18.6 Å². The van der Waals surface area contributed by atoms with Gasteiger partial charge in [-0.05, 0) is 82.1 Å². The molecule has 0 N–H and O–H groups in total. The van der Waals surface area contributed by atoms with E-state index < -0.39 is 75.7 Å². The summed E-state index contributed by atoms with van der Waals surface area (Å²) in [4.78, 5) is 52.9. The fraction of sp³-hybridized carbons (Fsp3) is 0.600. The molecule has 2 aliphatic rings. The van der Waals surface area contributed by atoms with Crippen LogP contribution in [0.1, 0.15) is 99.4 Å². The number of likely N-dealkylation sites (tertiary alicyclic amines) is 1. The van der Waals surface area contributed by atoms with Crippen LogP contribution >= 0.6 is 0 Å². The molecule has 344 valence electrons. The molecule has 2 aromatic rings. The number of nitrogens with zero attached hydrogens (tertiary/aromatic N) is 4. The predicted molar refractivity (Wildman–Crippen MR) is 223 cm³/mol. The van der Waals surface area contributed by atoms with Crippen LogP contribution in [0.25, 0.3) is 0 Å². The molecule has 2 aliphatic heterocycles. The average molecular weight is 917 g/mol. The highest BCUT2D eigenvalue weighted by atomic mass is 32.2. The maximum Gasteiger partial charge on any atom is 0.523 e. The highest BCUT2D eigenvalue weighted by Gasteiger charge is 2.51. The number of alkyl halides is 3. The third-order valence-corrected chi connectivity index (χ3v) is 17.0. The molecule has 62 heavy (non-hydrogen) atoms. The van der Waals surface area contributed by atoms with Crippen molar-refractivity contribution in [3.63, 3.8) is 0 Å². The largest absolute Gasteiger partial charge is 0.523 e. The van der Waals surface area contributed by atoms with Crippen molar-refractivity contribution in [3.05, 3.63) is 73.0 Å². The van der Waals surface area contributed by atoms with Gasteiger partial charge in [0, 0.05) is 24.9 Å². The van der Waals surface area contributed by atoms with Gasteiger partial charge in [-0.2, -0.15) is 21.6 Å². The lowest BCUT2D eigenvalue weighted by Gasteiger charge is -2.38. The van der Waals surface area contributed by atoms with Crippen molar-refractivity contribution in [2.24, 2.45) is 0 Å². The minimum absolute atomic E-state index is 0.0857. The van der Waals surface area contributed by atoms with Crippen LogP contribution in [-0.4, -0.2) is 105 Å². The van der Waals surface area contributed by atoms with Crippen molar-refractivity contribution in [2.75, 3.05) is 33.5 Å². The average Bonchev–Trinajstić information content (AvgIpc) is 3.77. The number of benzene rings is 2. The van der Waals surface area contributed by atoms with E-state index in [1.807, 2.05) is 47.7 Å². The summed E-state index contributed by atoms with van der Waals surface area (Å²) >= 11 is 0. The molecule has 1 unspecified atom stereocenters. The fourth-order valence-electron chi connectivity index (χ4n) is 6.87. The molecule has 0 bridgehead atoms. The van der Waals surface area contributed by atoms with Crippen molar-refractivity contribution >= 4 is 41.6 Å². The van der Waals surface area contributed by atoms with Crippen molar-refractivity contribution in [3.8, 4) is 17.2 Å². The van der Waals surface area contributed by atoms with E-state index in [9.17, 15) is 51.4 Å². The van der Waals surface area contributed by atoms with E-state index in [2.05, 4.69) is 4.18 Å². The van der Waals surface area contributed by atoms with Gasteiger partial charge in [-0.25, -0.2) is 0 Å².